The van der Waals surface area contributed by atoms with Gasteiger partial charge < -0.3 is 5.32 Å². The quantitative estimate of drug-likeness (QED) is 0.649. The molecule has 0 aliphatic heterocycles. The fourth-order valence-corrected chi connectivity index (χ4v) is 3.17. The summed E-state index contributed by atoms with van der Waals surface area (Å²) in [5.74, 6) is 0.0765. The van der Waals surface area contributed by atoms with E-state index in [2.05, 4.69) is 18.3 Å². The molecule has 0 aromatic carbocycles. The van der Waals surface area contributed by atoms with Crippen molar-refractivity contribution >= 4 is 5.91 Å². The van der Waals surface area contributed by atoms with Crippen LogP contribution >= 0.6 is 0 Å². The summed E-state index contributed by atoms with van der Waals surface area (Å²) in [5.41, 5.74) is -0.584. The van der Waals surface area contributed by atoms with Crippen molar-refractivity contribution in [2.75, 3.05) is 0 Å². The Hall–Kier alpha value is -1.04. The van der Waals surface area contributed by atoms with Crippen LogP contribution in [0.2, 0.25) is 0 Å². The molecule has 0 saturated heterocycles. The highest BCUT2D eigenvalue weighted by atomic mass is 16.1. The van der Waals surface area contributed by atoms with E-state index in [1.807, 2.05) is 0 Å². The van der Waals surface area contributed by atoms with Crippen LogP contribution in [0.4, 0.5) is 0 Å². The van der Waals surface area contributed by atoms with Crippen molar-refractivity contribution in [3.05, 3.63) is 0 Å². The first-order valence-electron chi connectivity index (χ1n) is 8.95. The number of carbonyl (C=O) groups is 1. The van der Waals surface area contributed by atoms with Gasteiger partial charge in [0.1, 0.15) is 5.54 Å². The maximum atomic E-state index is 12.1. The summed E-state index contributed by atoms with van der Waals surface area (Å²) in [7, 11) is 0. The number of rotatable bonds is 8. The average Bonchev–Trinajstić information content (AvgIpc) is 2.46. The predicted molar refractivity (Wildman–Crippen MR) is 86.8 cm³/mol. The zero-order valence-electron chi connectivity index (χ0n) is 13.8. The molecular weight excluding hydrogens is 260 g/mol. The standard InChI is InChI=1S/C18H32N2O/c1-2-3-4-5-7-10-13-17(21)20-18(16-19)14-11-8-6-9-12-15-18/h2-15H2,1H3,(H,20,21). The van der Waals surface area contributed by atoms with Crippen LogP contribution in [-0.4, -0.2) is 11.4 Å². The first kappa shape index (κ1) is 18.0. The van der Waals surface area contributed by atoms with Gasteiger partial charge in [-0.2, -0.15) is 5.26 Å². The van der Waals surface area contributed by atoms with E-state index in [0.717, 1.165) is 38.5 Å². The number of nitriles is 1. The van der Waals surface area contributed by atoms with E-state index in [9.17, 15) is 10.1 Å². The van der Waals surface area contributed by atoms with E-state index in [0.29, 0.717) is 6.42 Å². The van der Waals surface area contributed by atoms with Gasteiger partial charge in [-0.3, -0.25) is 4.79 Å². The van der Waals surface area contributed by atoms with Gasteiger partial charge in [0.2, 0.25) is 5.91 Å². The Bertz CT molecular complexity index is 325. The van der Waals surface area contributed by atoms with Crippen LogP contribution < -0.4 is 5.32 Å². The Labute approximate surface area is 130 Å². The number of carbonyl (C=O) groups excluding carboxylic acids is 1. The Morgan fingerprint density at radius 1 is 1.00 bits per heavy atom. The Morgan fingerprint density at radius 3 is 2.19 bits per heavy atom. The Balaban J connectivity index is 2.27. The zero-order valence-corrected chi connectivity index (χ0v) is 13.8. The molecule has 1 rings (SSSR count). The van der Waals surface area contributed by atoms with Crippen LogP contribution in [0, 0.1) is 11.3 Å². The number of hydrogen-bond donors (Lipinski definition) is 1. The van der Waals surface area contributed by atoms with E-state index in [4.69, 9.17) is 0 Å². The molecule has 1 aliphatic rings. The maximum absolute atomic E-state index is 12.1. The van der Waals surface area contributed by atoms with Gasteiger partial charge >= 0.3 is 0 Å². The van der Waals surface area contributed by atoms with Crippen molar-refractivity contribution in [3.8, 4) is 6.07 Å². The molecule has 0 heterocycles. The molecule has 3 nitrogen and oxygen atoms in total. The minimum atomic E-state index is -0.584. The van der Waals surface area contributed by atoms with Gasteiger partial charge in [-0.1, -0.05) is 71.1 Å². The molecule has 0 bridgehead atoms. The zero-order chi connectivity index (χ0) is 15.4. The maximum Gasteiger partial charge on any atom is 0.221 e. The summed E-state index contributed by atoms with van der Waals surface area (Å²) in [5, 5.41) is 12.6. The molecule has 0 spiro atoms. The van der Waals surface area contributed by atoms with Gasteiger partial charge in [0.05, 0.1) is 6.07 Å². The van der Waals surface area contributed by atoms with Crippen LogP contribution in [0.25, 0.3) is 0 Å². The smallest absolute Gasteiger partial charge is 0.221 e. The molecule has 21 heavy (non-hydrogen) atoms. The van der Waals surface area contributed by atoms with Crippen molar-refractivity contribution in [1.29, 1.82) is 5.26 Å². The second-order valence-electron chi connectivity index (χ2n) is 6.53. The van der Waals surface area contributed by atoms with Crippen molar-refractivity contribution in [2.24, 2.45) is 0 Å². The van der Waals surface area contributed by atoms with Crippen LogP contribution in [0.5, 0.6) is 0 Å². The Morgan fingerprint density at radius 2 is 1.57 bits per heavy atom. The van der Waals surface area contributed by atoms with Gasteiger partial charge in [0.15, 0.2) is 0 Å². The largest absolute Gasteiger partial charge is 0.338 e. The van der Waals surface area contributed by atoms with Crippen molar-refractivity contribution in [2.45, 2.75) is 102 Å². The highest BCUT2D eigenvalue weighted by Gasteiger charge is 2.31. The third-order valence-corrected chi connectivity index (χ3v) is 4.56. The molecular formula is C18H32N2O. The number of nitrogens with one attached hydrogen (secondary N) is 1. The van der Waals surface area contributed by atoms with Gasteiger partial charge in [0, 0.05) is 6.42 Å². The van der Waals surface area contributed by atoms with Crippen molar-refractivity contribution < 1.29 is 4.79 Å². The average molecular weight is 292 g/mol. The minimum absolute atomic E-state index is 0.0765. The lowest BCUT2D eigenvalue weighted by Crippen LogP contribution is -2.47. The lowest BCUT2D eigenvalue weighted by Gasteiger charge is -2.29. The topological polar surface area (TPSA) is 52.9 Å². The fraction of sp³-hybridized carbons (Fsp3) is 0.889. The van der Waals surface area contributed by atoms with Crippen LogP contribution in [0.15, 0.2) is 0 Å². The first-order valence-corrected chi connectivity index (χ1v) is 8.95. The van der Waals surface area contributed by atoms with Gasteiger partial charge in [-0.05, 0) is 19.3 Å². The fourth-order valence-electron chi connectivity index (χ4n) is 3.17. The van der Waals surface area contributed by atoms with Gasteiger partial charge in [0.25, 0.3) is 0 Å². The predicted octanol–water partition coefficient (Wildman–Crippen LogP) is 4.86. The first-order chi connectivity index (χ1) is 10.2. The highest BCUT2D eigenvalue weighted by Crippen LogP contribution is 2.26. The lowest BCUT2D eigenvalue weighted by molar-refractivity contribution is -0.122. The number of amides is 1. The molecule has 0 atom stereocenters. The molecule has 1 fully saturated rings. The summed E-state index contributed by atoms with van der Waals surface area (Å²) in [4.78, 5) is 12.1. The van der Waals surface area contributed by atoms with Gasteiger partial charge in [-0.25, -0.2) is 0 Å². The molecule has 1 N–H and O–H groups in total. The molecule has 0 radical (unpaired) electrons. The van der Waals surface area contributed by atoms with E-state index < -0.39 is 5.54 Å². The summed E-state index contributed by atoms with van der Waals surface area (Å²) >= 11 is 0. The van der Waals surface area contributed by atoms with E-state index in [-0.39, 0.29) is 5.91 Å². The molecule has 1 amide bonds. The van der Waals surface area contributed by atoms with Crippen molar-refractivity contribution in [3.63, 3.8) is 0 Å². The van der Waals surface area contributed by atoms with E-state index >= 15 is 0 Å². The molecule has 3 heteroatoms. The summed E-state index contributed by atoms with van der Waals surface area (Å²) < 4.78 is 0. The summed E-state index contributed by atoms with van der Waals surface area (Å²) in [6.07, 6.45) is 15.1. The second kappa shape index (κ2) is 10.7. The van der Waals surface area contributed by atoms with Crippen LogP contribution in [0.1, 0.15) is 96.8 Å². The third kappa shape index (κ3) is 7.50. The lowest BCUT2D eigenvalue weighted by atomic mass is 9.85. The summed E-state index contributed by atoms with van der Waals surface area (Å²) in [6, 6.07) is 2.40. The third-order valence-electron chi connectivity index (χ3n) is 4.56. The Kier molecular flexibility index (Phi) is 9.14. The van der Waals surface area contributed by atoms with E-state index in [1.54, 1.807) is 0 Å². The summed E-state index contributed by atoms with van der Waals surface area (Å²) in [6.45, 7) is 2.21. The molecule has 0 aromatic heterocycles. The molecule has 1 aliphatic carbocycles. The van der Waals surface area contributed by atoms with Crippen LogP contribution in [-0.2, 0) is 4.79 Å². The van der Waals surface area contributed by atoms with E-state index in [1.165, 1.54) is 44.9 Å². The molecule has 0 unspecified atom stereocenters. The second-order valence-corrected chi connectivity index (χ2v) is 6.53. The number of nitrogens with zero attached hydrogens (tertiary/aromatic N) is 1. The minimum Gasteiger partial charge on any atom is -0.338 e. The van der Waals surface area contributed by atoms with Crippen molar-refractivity contribution in [1.82, 2.24) is 5.32 Å². The molecule has 120 valence electrons. The monoisotopic (exact) mass is 292 g/mol. The van der Waals surface area contributed by atoms with Crippen LogP contribution in [0.3, 0.4) is 0 Å². The highest BCUT2D eigenvalue weighted by molar-refractivity contribution is 5.77. The number of hydrogen-bond acceptors (Lipinski definition) is 2. The SMILES string of the molecule is CCCCCCCCC(=O)NC1(C#N)CCCCCCC1. The number of unbranched alkanes of at least 4 members (excludes halogenated alkanes) is 5. The molecule has 1 saturated carbocycles. The normalized spacial score (nSPS) is 18.3. The molecule has 0 aromatic rings. The van der Waals surface area contributed by atoms with Gasteiger partial charge in [-0.15, -0.1) is 0 Å².